The van der Waals surface area contributed by atoms with Gasteiger partial charge in [-0.25, -0.2) is 0 Å². The second-order valence-electron chi connectivity index (χ2n) is 7.47. The van der Waals surface area contributed by atoms with Crippen molar-refractivity contribution in [2.45, 2.75) is 81.2 Å². The number of aliphatic hydroxyl groups excluding tert-OH is 4. The van der Waals surface area contributed by atoms with E-state index in [4.69, 9.17) is 4.74 Å². The Morgan fingerprint density at radius 2 is 1.92 bits per heavy atom. The lowest BCUT2D eigenvalue weighted by Gasteiger charge is -2.45. The summed E-state index contributed by atoms with van der Waals surface area (Å²) in [6.45, 7) is 5.34. The lowest BCUT2D eigenvalue weighted by atomic mass is 9.73. The molecule has 1 aliphatic carbocycles. The minimum absolute atomic E-state index is 0.00188. The largest absolute Gasteiger partial charge is 0.394 e. The van der Waals surface area contributed by atoms with Gasteiger partial charge in [-0.05, 0) is 24.7 Å². The molecule has 0 bridgehead atoms. The fourth-order valence-electron chi connectivity index (χ4n) is 3.40. The Morgan fingerprint density at radius 1 is 1.25 bits per heavy atom. The first-order valence-electron chi connectivity index (χ1n) is 8.38. The highest BCUT2D eigenvalue weighted by molar-refractivity contribution is 8.00. The van der Waals surface area contributed by atoms with Crippen molar-refractivity contribution in [1.29, 1.82) is 0 Å². The molecule has 24 heavy (non-hydrogen) atoms. The maximum atomic E-state index is 11.4. The summed E-state index contributed by atoms with van der Waals surface area (Å²) in [5.74, 6) is -0.0634. The molecular formula is C16H29NO6S. The zero-order valence-electron chi connectivity index (χ0n) is 14.4. The van der Waals surface area contributed by atoms with E-state index in [1.54, 1.807) is 0 Å². The summed E-state index contributed by atoms with van der Waals surface area (Å²) in [6.07, 6.45) is -2.21. The standard InChI is InChI=1S/C16H29NO6S/c1-8(19)17-11-6-9(4-5-16(11,2)3)24-15-14(22)13(21)12(20)10(7-18)23-15/h9-15,18,20-22H,4-7H2,1-3H3,(H,17,19)/t9?,10?,11?,12-,13?,14?,15-/m0/s1. The quantitative estimate of drug-likeness (QED) is 0.461. The average molecular weight is 363 g/mol. The molecule has 0 spiro atoms. The highest BCUT2D eigenvalue weighted by Crippen LogP contribution is 2.43. The van der Waals surface area contributed by atoms with Crippen molar-refractivity contribution in [3.63, 3.8) is 0 Å². The molecule has 1 saturated heterocycles. The van der Waals surface area contributed by atoms with Gasteiger partial charge in [0, 0.05) is 18.2 Å². The molecule has 5 unspecified atom stereocenters. The van der Waals surface area contributed by atoms with Crippen LogP contribution in [0.1, 0.15) is 40.0 Å². The van der Waals surface area contributed by atoms with E-state index in [0.717, 1.165) is 19.3 Å². The fraction of sp³-hybridized carbons (Fsp3) is 0.938. The molecule has 140 valence electrons. The van der Waals surface area contributed by atoms with Crippen LogP contribution in [0.3, 0.4) is 0 Å². The zero-order valence-corrected chi connectivity index (χ0v) is 15.2. The van der Waals surface area contributed by atoms with Crippen LogP contribution in [0.4, 0.5) is 0 Å². The molecule has 1 aliphatic heterocycles. The van der Waals surface area contributed by atoms with E-state index >= 15 is 0 Å². The van der Waals surface area contributed by atoms with E-state index in [0.29, 0.717) is 0 Å². The molecule has 5 N–H and O–H groups in total. The number of carbonyl (C=O) groups excluding carboxylic acids is 1. The third-order valence-corrected chi connectivity index (χ3v) is 6.58. The first-order chi connectivity index (χ1) is 11.2. The van der Waals surface area contributed by atoms with E-state index in [-0.39, 0.29) is 22.6 Å². The van der Waals surface area contributed by atoms with Gasteiger partial charge in [0.1, 0.15) is 29.9 Å². The Hall–Kier alpha value is -0.380. The molecule has 1 saturated carbocycles. The van der Waals surface area contributed by atoms with Crippen LogP contribution in [-0.4, -0.2) is 74.1 Å². The number of rotatable bonds is 4. The Morgan fingerprint density at radius 3 is 2.50 bits per heavy atom. The summed E-state index contributed by atoms with van der Waals surface area (Å²) in [5, 5.41) is 42.3. The number of hydrogen-bond acceptors (Lipinski definition) is 7. The molecule has 0 aromatic rings. The van der Waals surface area contributed by atoms with Crippen molar-refractivity contribution in [3.8, 4) is 0 Å². The summed E-state index contributed by atoms with van der Waals surface area (Å²) < 4.78 is 5.57. The molecule has 2 fully saturated rings. The van der Waals surface area contributed by atoms with Crippen LogP contribution < -0.4 is 5.32 Å². The summed E-state index contributed by atoms with van der Waals surface area (Å²) in [7, 11) is 0. The van der Waals surface area contributed by atoms with Crippen molar-refractivity contribution >= 4 is 17.7 Å². The van der Waals surface area contributed by atoms with E-state index in [9.17, 15) is 25.2 Å². The van der Waals surface area contributed by atoms with Gasteiger partial charge in [-0.15, -0.1) is 11.8 Å². The number of hydrogen-bond donors (Lipinski definition) is 5. The maximum absolute atomic E-state index is 11.4. The molecule has 7 nitrogen and oxygen atoms in total. The highest BCUT2D eigenvalue weighted by Gasteiger charge is 2.46. The average Bonchev–Trinajstić information content (AvgIpc) is 2.50. The SMILES string of the molecule is CC(=O)NC1CC(S[C@@H]2OC(CO)[C@H](O)C(O)C2O)CCC1(C)C. The van der Waals surface area contributed by atoms with Gasteiger partial charge in [0.15, 0.2) is 0 Å². The molecule has 7 atom stereocenters. The summed E-state index contributed by atoms with van der Waals surface area (Å²) in [5.41, 5.74) is -0.720. The third-order valence-electron chi connectivity index (χ3n) is 5.11. The monoisotopic (exact) mass is 363 g/mol. The van der Waals surface area contributed by atoms with Crippen LogP contribution in [0.15, 0.2) is 0 Å². The summed E-state index contributed by atoms with van der Waals surface area (Å²) in [6, 6.07) is 0.0335. The molecule has 0 radical (unpaired) electrons. The van der Waals surface area contributed by atoms with Crippen molar-refractivity contribution in [1.82, 2.24) is 5.32 Å². The molecule has 1 heterocycles. The van der Waals surface area contributed by atoms with Crippen LogP contribution in [-0.2, 0) is 9.53 Å². The van der Waals surface area contributed by atoms with E-state index in [1.165, 1.54) is 18.7 Å². The molecule has 0 aromatic carbocycles. The van der Waals surface area contributed by atoms with Gasteiger partial charge < -0.3 is 30.5 Å². The maximum Gasteiger partial charge on any atom is 0.217 e. The highest BCUT2D eigenvalue weighted by atomic mass is 32.2. The van der Waals surface area contributed by atoms with Crippen LogP contribution in [0.5, 0.6) is 0 Å². The van der Waals surface area contributed by atoms with Crippen LogP contribution in [0, 0.1) is 5.41 Å². The normalized spacial score (nSPS) is 42.5. The van der Waals surface area contributed by atoms with Gasteiger partial charge in [0.2, 0.25) is 5.91 Å². The summed E-state index contributed by atoms with van der Waals surface area (Å²) >= 11 is 1.40. The van der Waals surface area contributed by atoms with Gasteiger partial charge in [0.25, 0.3) is 0 Å². The molecule has 0 aromatic heterocycles. The predicted octanol–water partition coefficient (Wildman–Crippen LogP) is -0.397. The van der Waals surface area contributed by atoms with Gasteiger partial charge in [-0.2, -0.15) is 0 Å². The Labute approximate surface area is 146 Å². The van der Waals surface area contributed by atoms with Crippen molar-refractivity contribution in [2.75, 3.05) is 6.61 Å². The van der Waals surface area contributed by atoms with E-state index in [1.807, 2.05) is 0 Å². The third kappa shape index (κ3) is 4.42. The number of amides is 1. The summed E-state index contributed by atoms with van der Waals surface area (Å²) in [4.78, 5) is 11.4. The molecular weight excluding hydrogens is 334 g/mol. The Balaban J connectivity index is 2.00. The van der Waals surface area contributed by atoms with Crippen LogP contribution in [0.2, 0.25) is 0 Å². The Bertz CT molecular complexity index is 446. The minimum Gasteiger partial charge on any atom is -0.394 e. The van der Waals surface area contributed by atoms with Crippen molar-refractivity contribution in [2.24, 2.45) is 5.41 Å². The number of nitrogens with one attached hydrogen (secondary N) is 1. The topological polar surface area (TPSA) is 119 Å². The van der Waals surface area contributed by atoms with Crippen LogP contribution >= 0.6 is 11.8 Å². The second kappa shape index (κ2) is 7.88. The van der Waals surface area contributed by atoms with Gasteiger partial charge in [0.05, 0.1) is 6.61 Å². The van der Waals surface area contributed by atoms with E-state index in [2.05, 4.69) is 19.2 Å². The number of thioether (sulfide) groups is 1. The van der Waals surface area contributed by atoms with Crippen molar-refractivity contribution < 1.29 is 30.0 Å². The first kappa shape index (κ1) is 19.9. The molecule has 2 rings (SSSR count). The number of ether oxygens (including phenoxy) is 1. The number of aliphatic hydroxyl groups is 4. The van der Waals surface area contributed by atoms with Gasteiger partial charge >= 0.3 is 0 Å². The smallest absolute Gasteiger partial charge is 0.217 e. The van der Waals surface area contributed by atoms with Gasteiger partial charge in [-0.1, -0.05) is 13.8 Å². The molecule has 2 aliphatic rings. The Kier molecular flexibility index (Phi) is 6.55. The molecule has 1 amide bonds. The van der Waals surface area contributed by atoms with E-state index < -0.39 is 36.5 Å². The fourth-order valence-corrected chi connectivity index (χ4v) is 4.87. The van der Waals surface area contributed by atoms with Gasteiger partial charge in [-0.3, -0.25) is 4.79 Å². The lowest BCUT2D eigenvalue weighted by molar-refractivity contribution is -0.205. The lowest BCUT2D eigenvalue weighted by Crippen LogP contribution is -2.58. The number of carbonyl (C=O) groups is 1. The second-order valence-corrected chi connectivity index (χ2v) is 8.87. The van der Waals surface area contributed by atoms with Crippen molar-refractivity contribution in [3.05, 3.63) is 0 Å². The molecule has 8 heteroatoms. The zero-order chi connectivity index (χ0) is 18.1. The first-order valence-corrected chi connectivity index (χ1v) is 9.33. The predicted molar refractivity (Wildman–Crippen MR) is 90.4 cm³/mol. The van der Waals surface area contributed by atoms with Crippen LogP contribution in [0.25, 0.3) is 0 Å². The minimum atomic E-state index is -1.35.